The number of carbonyl (C=O) groups excluding carboxylic acids is 1. The lowest BCUT2D eigenvalue weighted by Gasteiger charge is -2.27. The molecule has 0 unspecified atom stereocenters. The molecule has 0 aliphatic carbocycles. The first-order valence-electron chi connectivity index (χ1n) is 6.37. The highest BCUT2D eigenvalue weighted by Crippen LogP contribution is 2.19. The Kier molecular flexibility index (Phi) is 5.56. The van der Waals surface area contributed by atoms with Crippen LogP contribution in [0.4, 0.5) is 13.2 Å². The molecule has 0 saturated heterocycles. The molecular weight excluding hydrogens is 269 g/mol. The fourth-order valence-electron chi connectivity index (χ4n) is 1.82. The molecule has 1 aromatic rings. The molecule has 112 valence electrons. The monoisotopic (exact) mass is 288 g/mol. The first-order chi connectivity index (χ1) is 9.23. The number of benzene rings is 1. The van der Waals surface area contributed by atoms with Gasteiger partial charge in [0.1, 0.15) is 6.54 Å². The van der Waals surface area contributed by atoms with Crippen LogP contribution in [0.2, 0.25) is 0 Å². The number of rotatable bonds is 5. The standard InChI is InChI=1S/C14H19F3N2O/c1-10(2)19(9-14(15,16)17)13(20)7-11-3-5-12(8-18)6-4-11/h3-6,10H,7-9,18H2,1-2H3. The van der Waals surface area contributed by atoms with Gasteiger partial charge in [-0.2, -0.15) is 13.2 Å². The summed E-state index contributed by atoms with van der Waals surface area (Å²) in [5.74, 6) is -0.530. The van der Waals surface area contributed by atoms with Gasteiger partial charge in [-0.15, -0.1) is 0 Å². The van der Waals surface area contributed by atoms with Gasteiger partial charge in [-0.25, -0.2) is 0 Å². The Balaban J connectivity index is 2.75. The van der Waals surface area contributed by atoms with Crippen LogP contribution in [-0.2, 0) is 17.8 Å². The second-order valence-electron chi connectivity index (χ2n) is 4.93. The molecular formula is C14H19F3N2O. The third kappa shape index (κ3) is 5.21. The highest BCUT2D eigenvalue weighted by atomic mass is 19.4. The van der Waals surface area contributed by atoms with E-state index in [0.717, 1.165) is 10.5 Å². The molecule has 3 nitrogen and oxygen atoms in total. The number of halogens is 3. The number of nitrogens with zero attached hydrogens (tertiary/aromatic N) is 1. The van der Waals surface area contributed by atoms with Crippen molar-refractivity contribution in [1.29, 1.82) is 0 Å². The summed E-state index contributed by atoms with van der Waals surface area (Å²) in [6.07, 6.45) is -4.43. The van der Waals surface area contributed by atoms with Crippen molar-refractivity contribution >= 4 is 5.91 Å². The van der Waals surface area contributed by atoms with Gasteiger partial charge in [-0.05, 0) is 25.0 Å². The average molecular weight is 288 g/mol. The van der Waals surface area contributed by atoms with Gasteiger partial charge < -0.3 is 10.6 Å². The van der Waals surface area contributed by atoms with Crippen LogP contribution < -0.4 is 5.73 Å². The van der Waals surface area contributed by atoms with Crippen molar-refractivity contribution in [2.24, 2.45) is 5.73 Å². The van der Waals surface area contributed by atoms with Gasteiger partial charge in [0.15, 0.2) is 0 Å². The third-order valence-electron chi connectivity index (χ3n) is 2.91. The van der Waals surface area contributed by atoms with Crippen molar-refractivity contribution in [3.63, 3.8) is 0 Å². The van der Waals surface area contributed by atoms with Crippen LogP contribution in [-0.4, -0.2) is 29.6 Å². The van der Waals surface area contributed by atoms with Crippen LogP contribution in [0.25, 0.3) is 0 Å². The first-order valence-corrected chi connectivity index (χ1v) is 6.37. The molecule has 0 saturated carbocycles. The van der Waals surface area contributed by atoms with Gasteiger partial charge in [0, 0.05) is 12.6 Å². The molecule has 1 amide bonds. The van der Waals surface area contributed by atoms with E-state index >= 15 is 0 Å². The fourth-order valence-corrected chi connectivity index (χ4v) is 1.82. The largest absolute Gasteiger partial charge is 0.406 e. The topological polar surface area (TPSA) is 46.3 Å². The summed E-state index contributed by atoms with van der Waals surface area (Å²) in [5.41, 5.74) is 7.05. The van der Waals surface area contributed by atoms with Crippen molar-refractivity contribution < 1.29 is 18.0 Å². The number of amides is 1. The smallest absolute Gasteiger partial charge is 0.331 e. The summed E-state index contributed by atoms with van der Waals surface area (Å²) < 4.78 is 37.4. The molecule has 1 aromatic carbocycles. The Morgan fingerprint density at radius 1 is 1.20 bits per heavy atom. The van der Waals surface area contributed by atoms with E-state index in [1.807, 2.05) is 0 Å². The number of nitrogens with two attached hydrogens (primary N) is 1. The molecule has 1 rings (SSSR count). The van der Waals surface area contributed by atoms with Crippen LogP contribution in [0, 0.1) is 0 Å². The van der Waals surface area contributed by atoms with Crippen molar-refractivity contribution in [2.45, 2.75) is 39.0 Å². The molecule has 2 N–H and O–H groups in total. The maximum absolute atomic E-state index is 12.5. The zero-order chi connectivity index (χ0) is 15.3. The lowest BCUT2D eigenvalue weighted by Crippen LogP contribution is -2.44. The number of alkyl halides is 3. The van der Waals surface area contributed by atoms with Gasteiger partial charge in [0.2, 0.25) is 5.91 Å². The maximum atomic E-state index is 12.5. The maximum Gasteiger partial charge on any atom is 0.406 e. The highest BCUT2D eigenvalue weighted by Gasteiger charge is 2.34. The van der Waals surface area contributed by atoms with E-state index in [2.05, 4.69) is 0 Å². The van der Waals surface area contributed by atoms with Gasteiger partial charge >= 0.3 is 6.18 Å². The molecule has 0 radical (unpaired) electrons. The molecule has 0 aliphatic heterocycles. The van der Waals surface area contributed by atoms with Crippen molar-refractivity contribution in [3.8, 4) is 0 Å². The van der Waals surface area contributed by atoms with E-state index in [0.29, 0.717) is 12.1 Å². The quantitative estimate of drug-likeness (QED) is 0.905. The molecule has 0 atom stereocenters. The molecule has 20 heavy (non-hydrogen) atoms. The number of hydrogen-bond donors (Lipinski definition) is 1. The van der Waals surface area contributed by atoms with E-state index in [1.54, 1.807) is 38.1 Å². The van der Waals surface area contributed by atoms with Crippen LogP contribution in [0.1, 0.15) is 25.0 Å². The molecule has 0 fully saturated rings. The normalized spacial score (nSPS) is 11.8. The molecule has 0 aromatic heterocycles. The molecule has 6 heteroatoms. The zero-order valence-corrected chi connectivity index (χ0v) is 11.6. The summed E-state index contributed by atoms with van der Waals surface area (Å²) in [5, 5.41) is 0. The van der Waals surface area contributed by atoms with Crippen LogP contribution in [0.15, 0.2) is 24.3 Å². The number of carbonyl (C=O) groups is 1. The van der Waals surface area contributed by atoms with E-state index in [1.165, 1.54) is 0 Å². The summed E-state index contributed by atoms with van der Waals surface area (Å²) in [6, 6.07) is 6.48. The highest BCUT2D eigenvalue weighted by molar-refractivity contribution is 5.79. The summed E-state index contributed by atoms with van der Waals surface area (Å²) in [6.45, 7) is 2.31. The van der Waals surface area contributed by atoms with Crippen LogP contribution in [0.5, 0.6) is 0 Å². The van der Waals surface area contributed by atoms with Gasteiger partial charge in [0.05, 0.1) is 6.42 Å². The van der Waals surface area contributed by atoms with Crippen molar-refractivity contribution in [2.75, 3.05) is 6.54 Å². The first kappa shape index (κ1) is 16.5. The second kappa shape index (κ2) is 6.74. The summed E-state index contributed by atoms with van der Waals surface area (Å²) in [7, 11) is 0. The van der Waals surface area contributed by atoms with Crippen LogP contribution >= 0.6 is 0 Å². The zero-order valence-electron chi connectivity index (χ0n) is 11.6. The van der Waals surface area contributed by atoms with Crippen molar-refractivity contribution in [1.82, 2.24) is 4.90 Å². The lowest BCUT2D eigenvalue weighted by atomic mass is 10.1. The van der Waals surface area contributed by atoms with Crippen molar-refractivity contribution in [3.05, 3.63) is 35.4 Å². The Morgan fingerprint density at radius 3 is 2.10 bits per heavy atom. The minimum absolute atomic E-state index is 0.0425. The predicted octanol–water partition coefficient (Wildman–Crippen LogP) is 2.49. The number of hydrogen-bond acceptors (Lipinski definition) is 2. The minimum atomic E-state index is -4.39. The average Bonchev–Trinajstić information content (AvgIpc) is 2.35. The molecule has 0 aliphatic rings. The Bertz CT molecular complexity index is 441. The Morgan fingerprint density at radius 2 is 1.70 bits per heavy atom. The molecule has 0 spiro atoms. The van der Waals surface area contributed by atoms with Gasteiger partial charge in [-0.1, -0.05) is 24.3 Å². The fraction of sp³-hybridized carbons (Fsp3) is 0.500. The Hall–Kier alpha value is -1.56. The van der Waals surface area contributed by atoms with E-state index < -0.39 is 24.7 Å². The predicted molar refractivity (Wildman–Crippen MR) is 70.9 cm³/mol. The molecule has 0 bridgehead atoms. The summed E-state index contributed by atoms with van der Waals surface area (Å²) in [4.78, 5) is 12.8. The Labute approximate surface area is 116 Å². The lowest BCUT2D eigenvalue weighted by molar-refractivity contribution is -0.164. The van der Waals surface area contributed by atoms with Gasteiger partial charge in [-0.3, -0.25) is 4.79 Å². The second-order valence-corrected chi connectivity index (χ2v) is 4.93. The minimum Gasteiger partial charge on any atom is -0.331 e. The van der Waals surface area contributed by atoms with E-state index in [-0.39, 0.29) is 6.42 Å². The van der Waals surface area contributed by atoms with E-state index in [4.69, 9.17) is 5.73 Å². The van der Waals surface area contributed by atoms with E-state index in [9.17, 15) is 18.0 Å². The van der Waals surface area contributed by atoms with Crippen LogP contribution in [0.3, 0.4) is 0 Å². The molecule has 0 heterocycles. The van der Waals surface area contributed by atoms with Gasteiger partial charge in [0.25, 0.3) is 0 Å². The SMILES string of the molecule is CC(C)N(CC(F)(F)F)C(=O)Cc1ccc(CN)cc1. The summed E-state index contributed by atoms with van der Waals surface area (Å²) >= 11 is 0. The third-order valence-corrected chi connectivity index (χ3v) is 2.91.